The lowest BCUT2D eigenvalue weighted by molar-refractivity contribution is -0.149. The highest BCUT2D eigenvalue weighted by Crippen LogP contribution is 2.65. The van der Waals surface area contributed by atoms with Gasteiger partial charge >= 0.3 is 0 Å². The van der Waals surface area contributed by atoms with E-state index < -0.39 is 0 Å². The van der Waals surface area contributed by atoms with Gasteiger partial charge in [-0.05, 0) is 67.8 Å². The molecule has 2 unspecified atom stereocenters. The van der Waals surface area contributed by atoms with Crippen molar-refractivity contribution in [3.05, 3.63) is 35.9 Å². The van der Waals surface area contributed by atoms with Crippen molar-refractivity contribution in [3.8, 4) is 0 Å². The van der Waals surface area contributed by atoms with E-state index in [2.05, 4.69) is 35.6 Å². The number of hydrogen-bond acceptors (Lipinski definition) is 2. The SMILES string of the molecule is COCCCNC(=O)C12CC3CC(C1)CC(c1ccccc1)(C3)C2. The van der Waals surface area contributed by atoms with Crippen LogP contribution in [0.3, 0.4) is 0 Å². The smallest absolute Gasteiger partial charge is 0.226 e. The van der Waals surface area contributed by atoms with Crippen LogP contribution < -0.4 is 5.32 Å². The number of nitrogens with one attached hydrogen (secondary N) is 1. The molecule has 130 valence electrons. The lowest BCUT2D eigenvalue weighted by Gasteiger charge is -2.61. The molecular weight excluding hydrogens is 298 g/mol. The average molecular weight is 327 g/mol. The largest absolute Gasteiger partial charge is 0.385 e. The molecule has 2 atom stereocenters. The molecule has 0 radical (unpaired) electrons. The third-order valence-electron chi connectivity index (χ3n) is 6.74. The third-order valence-corrected chi connectivity index (χ3v) is 6.74. The third kappa shape index (κ3) is 2.67. The van der Waals surface area contributed by atoms with Crippen LogP contribution in [0.5, 0.6) is 0 Å². The van der Waals surface area contributed by atoms with Crippen LogP contribution in [0.2, 0.25) is 0 Å². The summed E-state index contributed by atoms with van der Waals surface area (Å²) in [5.41, 5.74) is 1.60. The minimum atomic E-state index is -0.118. The molecule has 5 rings (SSSR count). The van der Waals surface area contributed by atoms with Gasteiger partial charge in [-0.3, -0.25) is 4.79 Å². The molecule has 0 saturated heterocycles. The predicted octanol–water partition coefficient (Wildman–Crippen LogP) is 3.68. The first-order valence-electron chi connectivity index (χ1n) is 9.49. The van der Waals surface area contributed by atoms with E-state index in [0.717, 1.165) is 44.1 Å². The summed E-state index contributed by atoms with van der Waals surface area (Å²) < 4.78 is 5.10. The van der Waals surface area contributed by atoms with Gasteiger partial charge in [0.25, 0.3) is 0 Å². The first-order valence-corrected chi connectivity index (χ1v) is 9.49. The molecule has 24 heavy (non-hydrogen) atoms. The van der Waals surface area contributed by atoms with Gasteiger partial charge in [-0.15, -0.1) is 0 Å². The number of methoxy groups -OCH3 is 1. The molecule has 0 aliphatic heterocycles. The van der Waals surface area contributed by atoms with Gasteiger partial charge in [0, 0.05) is 20.3 Å². The van der Waals surface area contributed by atoms with Crippen LogP contribution in [-0.2, 0) is 14.9 Å². The first-order chi connectivity index (χ1) is 11.7. The van der Waals surface area contributed by atoms with Gasteiger partial charge in [-0.1, -0.05) is 30.3 Å². The molecular formula is C21H29NO2. The highest BCUT2D eigenvalue weighted by molar-refractivity contribution is 5.83. The number of rotatable bonds is 6. The van der Waals surface area contributed by atoms with E-state index in [0.29, 0.717) is 12.5 Å². The van der Waals surface area contributed by atoms with Crippen LogP contribution in [-0.4, -0.2) is 26.2 Å². The van der Waals surface area contributed by atoms with Crippen LogP contribution in [0, 0.1) is 17.3 Å². The highest BCUT2D eigenvalue weighted by atomic mass is 16.5. The van der Waals surface area contributed by atoms with Crippen molar-refractivity contribution in [2.75, 3.05) is 20.3 Å². The van der Waals surface area contributed by atoms with Crippen molar-refractivity contribution in [1.29, 1.82) is 0 Å². The van der Waals surface area contributed by atoms with Crippen molar-refractivity contribution in [3.63, 3.8) is 0 Å². The minimum Gasteiger partial charge on any atom is -0.385 e. The highest BCUT2D eigenvalue weighted by Gasteiger charge is 2.60. The van der Waals surface area contributed by atoms with Crippen molar-refractivity contribution < 1.29 is 9.53 Å². The summed E-state index contributed by atoms with van der Waals surface area (Å²) in [6.45, 7) is 1.45. The number of carbonyl (C=O) groups excluding carboxylic acids is 1. The lowest BCUT2D eigenvalue weighted by Crippen LogP contribution is -2.59. The van der Waals surface area contributed by atoms with Crippen molar-refractivity contribution >= 4 is 5.91 Å². The molecule has 0 spiro atoms. The molecule has 3 heteroatoms. The molecule has 0 heterocycles. The standard InChI is InChI=1S/C21H29NO2/c1-24-9-5-8-22-19(23)21-13-16-10-17(14-21)12-20(11-16,15-21)18-6-3-2-4-7-18/h2-4,6-7,16-17H,5,8-15H2,1H3,(H,22,23). The molecule has 4 bridgehead atoms. The quantitative estimate of drug-likeness (QED) is 0.810. The van der Waals surface area contributed by atoms with Gasteiger partial charge in [-0.25, -0.2) is 0 Å². The molecule has 3 nitrogen and oxygen atoms in total. The lowest BCUT2D eigenvalue weighted by atomic mass is 9.42. The molecule has 1 aromatic rings. The number of amides is 1. The maximum absolute atomic E-state index is 13.1. The van der Waals surface area contributed by atoms with E-state index in [1.165, 1.54) is 24.8 Å². The zero-order valence-corrected chi connectivity index (χ0v) is 14.7. The van der Waals surface area contributed by atoms with E-state index in [9.17, 15) is 4.79 Å². The van der Waals surface area contributed by atoms with Gasteiger partial charge in [0.2, 0.25) is 5.91 Å². The second-order valence-corrected chi connectivity index (χ2v) is 8.49. The fraction of sp³-hybridized carbons (Fsp3) is 0.667. The fourth-order valence-electron chi connectivity index (χ4n) is 6.26. The zero-order chi connectivity index (χ0) is 16.6. The number of carbonyl (C=O) groups is 1. The molecule has 4 saturated carbocycles. The molecule has 4 fully saturated rings. The van der Waals surface area contributed by atoms with E-state index in [1.807, 2.05) is 0 Å². The summed E-state index contributed by atoms with van der Waals surface area (Å²) in [6, 6.07) is 11.0. The normalized spacial score (nSPS) is 36.7. The van der Waals surface area contributed by atoms with Crippen LogP contribution in [0.1, 0.15) is 50.5 Å². The Labute approximate surface area is 145 Å². The number of hydrogen-bond donors (Lipinski definition) is 1. The minimum absolute atomic E-state index is 0.118. The molecule has 1 aromatic carbocycles. The predicted molar refractivity (Wildman–Crippen MR) is 94.7 cm³/mol. The Morgan fingerprint density at radius 2 is 1.88 bits per heavy atom. The molecule has 1 amide bonds. The van der Waals surface area contributed by atoms with Crippen molar-refractivity contribution in [1.82, 2.24) is 5.32 Å². The Kier molecular flexibility index (Phi) is 4.16. The summed E-state index contributed by atoms with van der Waals surface area (Å²) >= 11 is 0. The van der Waals surface area contributed by atoms with Gasteiger partial charge in [0.05, 0.1) is 5.41 Å². The Hall–Kier alpha value is -1.35. The summed E-state index contributed by atoms with van der Waals surface area (Å²) in [6.07, 6.45) is 8.07. The van der Waals surface area contributed by atoms with E-state index in [1.54, 1.807) is 7.11 Å². The second-order valence-electron chi connectivity index (χ2n) is 8.49. The van der Waals surface area contributed by atoms with Crippen molar-refractivity contribution in [2.45, 2.75) is 50.4 Å². The maximum atomic E-state index is 13.1. The van der Waals surface area contributed by atoms with Crippen LogP contribution >= 0.6 is 0 Å². The average Bonchev–Trinajstić information content (AvgIpc) is 2.58. The fourth-order valence-corrected chi connectivity index (χ4v) is 6.26. The zero-order valence-electron chi connectivity index (χ0n) is 14.7. The van der Waals surface area contributed by atoms with E-state index >= 15 is 0 Å². The molecule has 0 aromatic heterocycles. The van der Waals surface area contributed by atoms with Gasteiger partial charge in [0.1, 0.15) is 0 Å². The summed E-state index contributed by atoms with van der Waals surface area (Å²) in [5, 5.41) is 3.22. The second kappa shape index (κ2) is 6.18. The van der Waals surface area contributed by atoms with Gasteiger partial charge < -0.3 is 10.1 Å². The molecule has 4 aliphatic carbocycles. The van der Waals surface area contributed by atoms with Crippen LogP contribution in [0.4, 0.5) is 0 Å². The van der Waals surface area contributed by atoms with E-state index in [-0.39, 0.29) is 10.8 Å². The Bertz CT molecular complexity index is 583. The van der Waals surface area contributed by atoms with E-state index in [4.69, 9.17) is 4.74 Å². The monoisotopic (exact) mass is 327 g/mol. The van der Waals surface area contributed by atoms with Crippen molar-refractivity contribution in [2.24, 2.45) is 17.3 Å². The first kappa shape index (κ1) is 16.1. The summed E-state index contributed by atoms with van der Waals surface area (Å²) in [5.74, 6) is 1.78. The van der Waals surface area contributed by atoms with Gasteiger partial charge in [-0.2, -0.15) is 0 Å². The maximum Gasteiger partial charge on any atom is 0.226 e. The summed E-state index contributed by atoms with van der Waals surface area (Å²) in [7, 11) is 1.71. The Balaban J connectivity index is 1.56. The number of ether oxygens (including phenoxy) is 1. The molecule has 1 N–H and O–H groups in total. The van der Waals surface area contributed by atoms with Crippen LogP contribution in [0.15, 0.2) is 30.3 Å². The van der Waals surface area contributed by atoms with Crippen LogP contribution in [0.25, 0.3) is 0 Å². The topological polar surface area (TPSA) is 38.3 Å². The summed E-state index contributed by atoms with van der Waals surface area (Å²) in [4.78, 5) is 13.1. The Morgan fingerprint density at radius 3 is 2.54 bits per heavy atom. The van der Waals surface area contributed by atoms with Gasteiger partial charge in [0.15, 0.2) is 0 Å². The molecule has 4 aliphatic rings. The Morgan fingerprint density at radius 1 is 1.17 bits per heavy atom. The number of benzene rings is 1.